The minimum Gasteiger partial charge on any atom is -0.446 e. The summed E-state index contributed by atoms with van der Waals surface area (Å²) in [7, 11) is 0. The first-order valence-corrected chi connectivity index (χ1v) is 13.1. The van der Waals surface area contributed by atoms with Crippen LogP contribution in [-0.4, -0.2) is 4.98 Å². The van der Waals surface area contributed by atoms with E-state index in [0.29, 0.717) is 11.6 Å². The number of aryl methyl sites for hydroxylation is 2. The standard InChI is InChI=1S/C35H31NO/c1-22(2)16-25-17-23(3)34(24(4)18-25)32-21-33(36-35-30(32)14-15-37-35)28-19-27-12-8-9-13-29(27)31(20-28)26-10-6-5-7-11-26/h5-15,17-22H,16H2,1-4H3. The smallest absolute Gasteiger partial charge is 0.227 e. The molecule has 0 aliphatic heterocycles. The van der Waals surface area contributed by atoms with Gasteiger partial charge in [-0.05, 0) is 100 Å². The number of fused-ring (bicyclic) bond motifs is 2. The van der Waals surface area contributed by atoms with Crippen LogP contribution in [0.5, 0.6) is 0 Å². The van der Waals surface area contributed by atoms with Gasteiger partial charge in [0.15, 0.2) is 0 Å². The molecule has 0 fully saturated rings. The quantitative estimate of drug-likeness (QED) is 0.245. The van der Waals surface area contributed by atoms with Crippen molar-refractivity contribution in [2.24, 2.45) is 5.92 Å². The maximum atomic E-state index is 5.89. The molecule has 0 bridgehead atoms. The monoisotopic (exact) mass is 481 g/mol. The zero-order chi connectivity index (χ0) is 25.5. The highest BCUT2D eigenvalue weighted by Crippen LogP contribution is 2.39. The summed E-state index contributed by atoms with van der Waals surface area (Å²) in [6, 6.07) is 32.7. The van der Waals surface area contributed by atoms with Crippen molar-refractivity contribution >= 4 is 21.9 Å². The molecule has 2 aromatic heterocycles. The van der Waals surface area contributed by atoms with Crippen molar-refractivity contribution in [2.75, 3.05) is 0 Å². The van der Waals surface area contributed by atoms with Gasteiger partial charge in [0.05, 0.1) is 12.0 Å². The Kier molecular flexibility index (Phi) is 5.88. The van der Waals surface area contributed by atoms with Crippen molar-refractivity contribution in [3.8, 4) is 33.5 Å². The van der Waals surface area contributed by atoms with Gasteiger partial charge in [-0.15, -0.1) is 0 Å². The largest absolute Gasteiger partial charge is 0.446 e. The lowest BCUT2D eigenvalue weighted by Gasteiger charge is -2.16. The summed E-state index contributed by atoms with van der Waals surface area (Å²) in [5.74, 6) is 0.629. The number of furan rings is 1. The second-order valence-corrected chi connectivity index (χ2v) is 10.5. The second-order valence-electron chi connectivity index (χ2n) is 10.5. The SMILES string of the molecule is Cc1cc(CC(C)C)cc(C)c1-c1cc(-c2cc(-c3ccccc3)c3ccccc3c2)nc2occc12. The number of rotatable bonds is 5. The number of hydrogen-bond acceptors (Lipinski definition) is 2. The van der Waals surface area contributed by atoms with Crippen LogP contribution in [0.2, 0.25) is 0 Å². The molecule has 2 heterocycles. The highest BCUT2D eigenvalue weighted by molar-refractivity contribution is 6.01. The lowest BCUT2D eigenvalue weighted by molar-refractivity contribution is 0.604. The Labute approximate surface area is 218 Å². The van der Waals surface area contributed by atoms with Crippen LogP contribution in [0.3, 0.4) is 0 Å². The third-order valence-corrected chi connectivity index (χ3v) is 7.19. The first-order valence-electron chi connectivity index (χ1n) is 13.1. The van der Waals surface area contributed by atoms with Gasteiger partial charge in [-0.3, -0.25) is 0 Å². The first-order chi connectivity index (χ1) is 18.0. The molecule has 2 nitrogen and oxygen atoms in total. The maximum Gasteiger partial charge on any atom is 0.227 e. The third kappa shape index (κ3) is 4.34. The van der Waals surface area contributed by atoms with E-state index < -0.39 is 0 Å². The van der Waals surface area contributed by atoms with Crippen molar-refractivity contribution in [1.82, 2.24) is 4.98 Å². The van der Waals surface area contributed by atoms with Gasteiger partial charge in [-0.1, -0.05) is 80.6 Å². The Hall–Kier alpha value is -4.17. The van der Waals surface area contributed by atoms with Crippen LogP contribution in [0.25, 0.3) is 55.4 Å². The molecule has 0 N–H and O–H groups in total. The molecule has 4 aromatic carbocycles. The fraction of sp³-hybridized carbons (Fsp3) is 0.171. The predicted molar refractivity (Wildman–Crippen MR) is 156 cm³/mol. The minimum absolute atomic E-state index is 0.629. The normalized spacial score (nSPS) is 11.6. The fourth-order valence-corrected chi connectivity index (χ4v) is 5.69. The van der Waals surface area contributed by atoms with E-state index in [1.807, 2.05) is 6.07 Å². The van der Waals surface area contributed by atoms with E-state index in [1.54, 1.807) is 6.26 Å². The Morgan fingerprint density at radius 2 is 1.43 bits per heavy atom. The zero-order valence-corrected chi connectivity index (χ0v) is 21.9. The summed E-state index contributed by atoms with van der Waals surface area (Å²) < 4.78 is 5.89. The van der Waals surface area contributed by atoms with Gasteiger partial charge in [0.25, 0.3) is 0 Å². The average molecular weight is 482 g/mol. The molecule has 0 unspecified atom stereocenters. The molecule has 0 aliphatic carbocycles. The van der Waals surface area contributed by atoms with E-state index in [-0.39, 0.29) is 0 Å². The molecule has 0 saturated carbocycles. The van der Waals surface area contributed by atoms with Crippen LogP contribution >= 0.6 is 0 Å². The molecule has 182 valence electrons. The average Bonchev–Trinajstić information content (AvgIpc) is 3.37. The van der Waals surface area contributed by atoms with Crippen LogP contribution in [0.15, 0.2) is 102 Å². The van der Waals surface area contributed by atoms with E-state index in [0.717, 1.165) is 23.1 Å². The molecule has 0 aliphatic rings. The summed E-state index contributed by atoms with van der Waals surface area (Å²) in [5, 5.41) is 3.49. The van der Waals surface area contributed by atoms with Gasteiger partial charge in [-0.2, -0.15) is 0 Å². The summed E-state index contributed by atoms with van der Waals surface area (Å²) in [4.78, 5) is 4.98. The number of aromatic nitrogens is 1. The topological polar surface area (TPSA) is 26.0 Å². The molecule has 0 spiro atoms. The lowest BCUT2D eigenvalue weighted by atomic mass is 9.89. The fourth-order valence-electron chi connectivity index (χ4n) is 5.69. The molecule has 0 radical (unpaired) electrons. The molecule has 2 heteroatoms. The van der Waals surface area contributed by atoms with Gasteiger partial charge < -0.3 is 4.42 Å². The van der Waals surface area contributed by atoms with Crippen LogP contribution < -0.4 is 0 Å². The Morgan fingerprint density at radius 3 is 2.19 bits per heavy atom. The molecule has 6 rings (SSSR count). The van der Waals surface area contributed by atoms with Crippen LogP contribution in [0.4, 0.5) is 0 Å². The predicted octanol–water partition coefficient (Wildman–Crippen LogP) is 9.80. The summed E-state index contributed by atoms with van der Waals surface area (Å²) in [5.41, 5.74) is 11.5. The highest BCUT2D eigenvalue weighted by Gasteiger charge is 2.17. The highest BCUT2D eigenvalue weighted by atomic mass is 16.3. The Morgan fingerprint density at radius 1 is 0.703 bits per heavy atom. The number of benzene rings is 4. The number of hydrogen-bond donors (Lipinski definition) is 0. The van der Waals surface area contributed by atoms with Gasteiger partial charge in [-0.25, -0.2) is 4.98 Å². The second kappa shape index (κ2) is 9.37. The Balaban J connectivity index is 1.58. The van der Waals surface area contributed by atoms with E-state index in [4.69, 9.17) is 9.40 Å². The number of pyridine rings is 1. The number of nitrogens with zero attached hydrogens (tertiary/aromatic N) is 1. The van der Waals surface area contributed by atoms with Crippen molar-refractivity contribution in [2.45, 2.75) is 34.1 Å². The zero-order valence-electron chi connectivity index (χ0n) is 21.9. The summed E-state index contributed by atoms with van der Waals surface area (Å²) in [6.45, 7) is 9.00. The van der Waals surface area contributed by atoms with Crippen molar-refractivity contribution < 1.29 is 4.42 Å². The molecule has 0 amide bonds. The molecule has 37 heavy (non-hydrogen) atoms. The molecular formula is C35H31NO. The van der Waals surface area contributed by atoms with Gasteiger partial charge >= 0.3 is 0 Å². The van der Waals surface area contributed by atoms with Gasteiger partial charge in [0.1, 0.15) is 0 Å². The van der Waals surface area contributed by atoms with E-state index in [1.165, 1.54) is 49.7 Å². The lowest BCUT2D eigenvalue weighted by Crippen LogP contribution is -1.98. The summed E-state index contributed by atoms with van der Waals surface area (Å²) >= 11 is 0. The third-order valence-electron chi connectivity index (χ3n) is 7.19. The van der Waals surface area contributed by atoms with Crippen LogP contribution in [0.1, 0.15) is 30.5 Å². The molecule has 0 saturated heterocycles. The van der Waals surface area contributed by atoms with E-state index in [9.17, 15) is 0 Å². The van der Waals surface area contributed by atoms with Crippen molar-refractivity contribution in [1.29, 1.82) is 0 Å². The van der Waals surface area contributed by atoms with Gasteiger partial charge in [0, 0.05) is 10.9 Å². The molecule has 6 aromatic rings. The summed E-state index contributed by atoms with van der Waals surface area (Å²) in [6.07, 6.45) is 2.84. The Bertz CT molecular complexity index is 1720. The molecular weight excluding hydrogens is 450 g/mol. The van der Waals surface area contributed by atoms with Crippen molar-refractivity contribution in [3.05, 3.63) is 114 Å². The maximum absolute atomic E-state index is 5.89. The van der Waals surface area contributed by atoms with E-state index >= 15 is 0 Å². The first kappa shape index (κ1) is 23.2. The van der Waals surface area contributed by atoms with Crippen molar-refractivity contribution in [3.63, 3.8) is 0 Å². The molecule has 0 atom stereocenters. The van der Waals surface area contributed by atoms with Crippen LogP contribution in [0, 0.1) is 19.8 Å². The van der Waals surface area contributed by atoms with E-state index in [2.05, 4.69) is 113 Å². The minimum atomic E-state index is 0.629. The van der Waals surface area contributed by atoms with Gasteiger partial charge in [0.2, 0.25) is 5.71 Å². The van der Waals surface area contributed by atoms with Crippen LogP contribution in [-0.2, 0) is 6.42 Å².